The molecule has 0 saturated carbocycles. The minimum absolute atomic E-state index is 0.0924. The van der Waals surface area contributed by atoms with E-state index in [0.29, 0.717) is 24.4 Å². The molecule has 0 radical (unpaired) electrons. The lowest BCUT2D eigenvalue weighted by atomic mass is 9.92. The highest BCUT2D eigenvalue weighted by molar-refractivity contribution is 7.92. The molecule has 138 valence electrons. The second kappa shape index (κ2) is 6.55. The summed E-state index contributed by atoms with van der Waals surface area (Å²) in [5.74, 6) is 0.0924. The van der Waals surface area contributed by atoms with Crippen LogP contribution in [0, 0.1) is 11.3 Å². The molecule has 0 fully saturated rings. The van der Waals surface area contributed by atoms with E-state index in [2.05, 4.69) is 4.72 Å². The first-order valence-corrected chi connectivity index (χ1v) is 10.4. The molecule has 2 aromatic carbocycles. The van der Waals surface area contributed by atoms with Crippen LogP contribution in [0.5, 0.6) is 0 Å². The first kappa shape index (κ1) is 17.8. The summed E-state index contributed by atoms with van der Waals surface area (Å²) in [5.41, 5.74) is 2.96. The molecule has 6 nitrogen and oxygen atoms in total. The van der Waals surface area contributed by atoms with Crippen LogP contribution in [0.2, 0.25) is 5.02 Å². The van der Waals surface area contributed by atoms with E-state index in [9.17, 15) is 18.5 Å². The van der Waals surface area contributed by atoms with E-state index in [1.165, 1.54) is 18.2 Å². The van der Waals surface area contributed by atoms with Gasteiger partial charge in [0.15, 0.2) is 0 Å². The number of carbonyl (C=O) groups excluding carboxylic acids is 1. The van der Waals surface area contributed by atoms with Crippen LogP contribution in [0.4, 0.5) is 11.4 Å². The second-order valence-electron chi connectivity index (χ2n) is 6.65. The molecule has 2 aromatic rings. The third-order valence-electron chi connectivity index (χ3n) is 4.91. The van der Waals surface area contributed by atoms with Crippen molar-refractivity contribution < 1.29 is 13.2 Å². The number of hydrogen-bond donors (Lipinski definition) is 1. The number of nitrogens with zero attached hydrogens (tertiary/aromatic N) is 2. The number of amides is 1. The SMILES string of the molecule is N#Cc1ccc(Cl)cc1NS(=O)(=O)c1cc2c3c(c1)CCC(=O)N3CCC2. The van der Waals surface area contributed by atoms with Gasteiger partial charge in [0.25, 0.3) is 10.0 Å². The zero-order chi connectivity index (χ0) is 19.2. The van der Waals surface area contributed by atoms with Gasteiger partial charge in [-0.15, -0.1) is 0 Å². The molecule has 8 heteroatoms. The van der Waals surface area contributed by atoms with Crippen molar-refractivity contribution in [1.82, 2.24) is 0 Å². The number of hydrogen-bond acceptors (Lipinski definition) is 4. The lowest BCUT2D eigenvalue weighted by Crippen LogP contribution is -2.39. The second-order valence-corrected chi connectivity index (χ2v) is 8.77. The van der Waals surface area contributed by atoms with E-state index >= 15 is 0 Å². The van der Waals surface area contributed by atoms with Gasteiger partial charge in [-0.1, -0.05) is 11.6 Å². The summed E-state index contributed by atoms with van der Waals surface area (Å²) in [4.78, 5) is 14.1. The van der Waals surface area contributed by atoms with Crippen LogP contribution in [0.15, 0.2) is 35.2 Å². The van der Waals surface area contributed by atoms with Gasteiger partial charge in [0, 0.05) is 18.0 Å². The van der Waals surface area contributed by atoms with Gasteiger partial charge in [-0.25, -0.2) is 8.42 Å². The van der Waals surface area contributed by atoms with Crippen molar-refractivity contribution in [3.63, 3.8) is 0 Å². The van der Waals surface area contributed by atoms with Crippen molar-refractivity contribution in [3.8, 4) is 6.07 Å². The number of anilines is 2. The summed E-state index contributed by atoms with van der Waals surface area (Å²) < 4.78 is 28.4. The maximum atomic E-state index is 13.0. The number of nitrogens with one attached hydrogen (secondary N) is 1. The molecule has 1 N–H and O–H groups in total. The Morgan fingerprint density at radius 2 is 1.85 bits per heavy atom. The summed E-state index contributed by atoms with van der Waals surface area (Å²) in [5, 5.41) is 9.55. The average Bonchev–Trinajstić information content (AvgIpc) is 2.64. The van der Waals surface area contributed by atoms with Crippen LogP contribution in [0.3, 0.4) is 0 Å². The van der Waals surface area contributed by atoms with Crippen LogP contribution in [-0.4, -0.2) is 20.9 Å². The summed E-state index contributed by atoms with van der Waals surface area (Å²) >= 11 is 5.95. The maximum Gasteiger partial charge on any atom is 0.261 e. The van der Waals surface area contributed by atoms with Gasteiger partial charge in [0.05, 0.1) is 21.8 Å². The Morgan fingerprint density at radius 3 is 2.59 bits per heavy atom. The van der Waals surface area contributed by atoms with Gasteiger partial charge in [-0.2, -0.15) is 5.26 Å². The molecule has 0 aliphatic carbocycles. The zero-order valence-corrected chi connectivity index (χ0v) is 15.9. The predicted molar refractivity (Wildman–Crippen MR) is 102 cm³/mol. The molecule has 0 bridgehead atoms. The third-order valence-corrected chi connectivity index (χ3v) is 6.49. The Labute approximate surface area is 162 Å². The summed E-state index contributed by atoms with van der Waals surface area (Å²) in [6.45, 7) is 0.678. The summed E-state index contributed by atoms with van der Waals surface area (Å²) in [6.07, 6.45) is 2.45. The smallest absolute Gasteiger partial charge is 0.261 e. The fourth-order valence-corrected chi connectivity index (χ4v) is 5.02. The monoisotopic (exact) mass is 401 g/mol. The van der Waals surface area contributed by atoms with E-state index in [1.54, 1.807) is 17.0 Å². The number of carbonyl (C=O) groups is 1. The third kappa shape index (κ3) is 3.15. The Hall–Kier alpha value is -2.56. The molecule has 27 heavy (non-hydrogen) atoms. The fraction of sp³-hybridized carbons (Fsp3) is 0.263. The van der Waals surface area contributed by atoms with E-state index in [1.807, 2.05) is 6.07 Å². The first-order chi connectivity index (χ1) is 12.9. The normalized spacial score (nSPS) is 15.9. The number of nitriles is 1. The van der Waals surface area contributed by atoms with Crippen molar-refractivity contribution in [2.75, 3.05) is 16.2 Å². The maximum absolute atomic E-state index is 13.0. The fourth-order valence-electron chi connectivity index (χ4n) is 3.68. The van der Waals surface area contributed by atoms with Crippen LogP contribution in [0.25, 0.3) is 0 Å². The van der Waals surface area contributed by atoms with Gasteiger partial charge in [0.2, 0.25) is 5.91 Å². The average molecular weight is 402 g/mol. The van der Waals surface area contributed by atoms with Crippen LogP contribution in [-0.2, 0) is 27.7 Å². The molecule has 4 rings (SSSR count). The Balaban J connectivity index is 1.77. The lowest BCUT2D eigenvalue weighted by molar-refractivity contribution is -0.119. The largest absolute Gasteiger partial charge is 0.312 e. The number of rotatable bonds is 3. The Kier molecular flexibility index (Phi) is 4.33. The summed E-state index contributed by atoms with van der Waals surface area (Å²) in [7, 11) is -3.90. The number of aryl methyl sites for hydroxylation is 2. The van der Waals surface area contributed by atoms with Crippen molar-refractivity contribution in [1.29, 1.82) is 5.26 Å². The molecule has 2 aliphatic rings. The van der Waals surface area contributed by atoms with E-state index in [-0.39, 0.29) is 22.1 Å². The molecular formula is C19H16ClN3O3S. The molecule has 2 heterocycles. The highest BCUT2D eigenvalue weighted by Gasteiger charge is 2.31. The van der Waals surface area contributed by atoms with Gasteiger partial charge in [-0.05, 0) is 60.7 Å². The Morgan fingerprint density at radius 1 is 1.11 bits per heavy atom. The highest BCUT2D eigenvalue weighted by Crippen LogP contribution is 2.38. The molecule has 0 saturated heterocycles. The van der Waals surface area contributed by atoms with Crippen LogP contribution >= 0.6 is 11.6 Å². The Bertz CT molecular complexity index is 1090. The zero-order valence-electron chi connectivity index (χ0n) is 14.3. The van der Waals surface area contributed by atoms with Gasteiger partial charge >= 0.3 is 0 Å². The lowest BCUT2D eigenvalue weighted by Gasteiger charge is -2.35. The molecular weight excluding hydrogens is 386 g/mol. The van der Waals surface area contributed by atoms with E-state index in [4.69, 9.17) is 11.6 Å². The standard InChI is InChI=1S/C19H16ClN3O3S/c20-15-5-3-14(11-21)17(10-15)22-27(25,26)16-8-12-2-1-7-23-18(24)6-4-13(9-16)19(12)23/h3,5,8-10,22H,1-2,4,6-7H2. The van der Waals surface area contributed by atoms with Crippen LogP contribution < -0.4 is 9.62 Å². The van der Waals surface area contributed by atoms with Crippen molar-refractivity contribution in [3.05, 3.63) is 52.0 Å². The number of benzene rings is 2. The van der Waals surface area contributed by atoms with Crippen molar-refractivity contribution in [2.24, 2.45) is 0 Å². The van der Waals surface area contributed by atoms with Gasteiger partial charge in [0.1, 0.15) is 6.07 Å². The topological polar surface area (TPSA) is 90.3 Å². The number of halogens is 1. The van der Waals surface area contributed by atoms with Crippen LogP contribution in [0.1, 0.15) is 29.5 Å². The van der Waals surface area contributed by atoms with E-state index < -0.39 is 10.0 Å². The van der Waals surface area contributed by atoms with Gasteiger partial charge in [-0.3, -0.25) is 9.52 Å². The van der Waals surface area contributed by atoms with E-state index in [0.717, 1.165) is 29.7 Å². The molecule has 0 atom stereocenters. The minimum Gasteiger partial charge on any atom is -0.312 e. The first-order valence-electron chi connectivity index (χ1n) is 8.58. The molecule has 2 aliphatic heterocycles. The molecule has 1 amide bonds. The quantitative estimate of drug-likeness (QED) is 0.854. The van der Waals surface area contributed by atoms with Crippen molar-refractivity contribution in [2.45, 2.75) is 30.6 Å². The minimum atomic E-state index is -3.90. The molecule has 0 spiro atoms. The predicted octanol–water partition coefficient (Wildman–Crippen LogP) is 3.24. The summed E-state index contributed by atoms with van der Waals surface area (Å²) in [6, 6.07) is 9.64. The molecule has 0 aromatic heterocycles. The highest BCUT2D eigenvalue weighted by atomic mass is 35.5. The number of sulfonamides is 1. The molecule has 0 unspecified atom stereocenters. The van der Waals surface area contributed by atoms with Crippen molar-refractivity contribution >= 4 is 38.9 Å². The van der Waals surface area contributed by atoms with Gasteiger partial charge < -0.3 is 4.90 Å².